The average Bonchev–Trinajstić information content (AvgIpc) is 3.05. The van der Waals surface area contributed by atoms with Crippen molar-refractivity contribution in [1.82, 2.24) is 10.2 Å². The highest BCUT2D eigenvalue weighted by molar-refractivity contribution is 7.89. The lowest BCUT2D eigenvalue weighted by molar-refractivity contribution is 0.0915. The first-order chi connectivity index (χ1) is 14.2. The number of carbonyl (C=O) groups is 1. The van der Waals surface area contributed by atoms with E-state index in [2.05, 4.69) is 36.5 Å². The molecule has 1 N–H and O–H groups in total. The van der Waals surface area contributed by atoms with Crippen molar-refractivity contribution in [3.05, 3.63) is 71.0 Å². The molecule has 0 radical (unpaired) electrons. The Morgan fingerprint density at radius 2 is 1.77 bits per heavy atom. The molecule has 0 spiro atoms. The zero-order chi connectivity index (χ0) is 21.9. The molecule has 3 rings (SSSR count). The molecular weight excluding hydrogens is 400 g/mol. The van der Waals surface area contributed by atoms with Crippen LogP contribution in [-0.2, 0) is 22.0 Å². The van der Waals surface area contributed by atoms with Gasteiger partial charge in [-0.3, -0.25) is 4.79 Å². The van der Waals surface area contributed by atoms with Crippen molar-refractivity contribution in [2.45, 2.75) is 25.1 Å². The number of para-hydroxylation sites is 1. The number of hydrogen-bond donors (Lipinski definition) is 1. The Hall–Kier alpha value is -2.64. The summed E-state index contributed by atoms with van der Waals surface area (Å²) in [6.07, 6.45) is 2.12. The predicted molar refractivity (Wildman–Crippen MR) is 119 cm³/mol. The van der Waals surface area contributed by atoms with Crippen LogP contribution in [0.5, 0.6) is 0 Å². The number of benzene rings is 2. The van der Waals surface area contributed by atoms with Crippen LogP contribution in [0, 0.1) is 0 Å². The molecule has 1 unspecified atom stereocenters. The highest BCUT2D eigenvalue weighted by atomic mass is 32.2. The summed E-state index contributed by atoms with van der Waals surface area (Å²) in [5, 5.41) is 3.57. The van der Waals surface area contributed by atoms with E-state index in [-0.39, 0.29) is 17.6 Å². The molecule has 0 aliphatic rings. The largest absolute Gasteiger partial charge is 0.451 e. The molecule has 160 valence electrons. The van der Waals surface area contributed by atoms with Gasteiger partial charge in [-0.05, 0) is 37.7 Å². The van der Waals surface area contributed by atoms with Crippen LogP contribution in [0.1, 0.15) is 40.2 Å². The van der Waals surface area contributed by atoms with Gasteiger partial charge in [-0.2, -0.15) is 0 Å². The summed E-state index contributed by atoms with van der Waals surface area (Å²) in [4.78, 5) is 15.0. The second-order valence-electron chi connectivity index (χ2n) is 7.76. The van der Waals surface area contributed by atoms with E-state index in [4.69, 9.17) is 4.42 Å². The lowest BCUT2D eigenvalue weighted by Gasteiger charge is -2.25. The molecule has 0 fully saturated rings. The van der Waals surface area contributed by atoms with Crippen LogP contribution in [-0.4, -0.2) is 46.1 Å². The molecular formula is C23H28N2O4S. The lowest BCUT2D eigenvalue weighted by atomic mass is 10.0. The molecule has 0 bridgehead atoms. The third-order valence-electron chi connectivity index (χ3n) is 5.16. The van der Waals surface area contributed by atoms with Gasteiger partial charge in [-0.25, -0.2) is 8.42 Å². The van der Waals surface area contributed by atoms with Crippen LogP contribution < -0.4 is 5.32 Å². The molecule has 7 heteroatoms. The van der Waals surface area contributed by atoms with Crippen molar-refractivity contribution in [3.8, 4) is 0 Å². The van der Waals surface area contributed by atoms with Gasteiger partial charge < -0.3 is 14.6 Å². The van der Waals surface area contributed by atoms with Crippen molar-refractivity contribution < 1.29 is 17.6 Å². The summed E-state index contributed by atoms with van der Waals surface area (Å²) in [6, 6.07) is 15.4. The molecule has 1 atom stereocenters. The molecule has 0 saturated carbocycles. The number of nitrogens with zero attached hydrogens (tertiary/aromatic N) is 1. The Kier molecular flexibility index (Phi) is 6.63. The van der Waals surface area contributed by atoms with Gasteiger partial charge in [-0.1, -0.05) is 49.4 Å². The molecule has 2 aromatic carbocycles. The van der Waals surface area contributed by atoms with Gasteiger partial charge in [0, 0.05) is 23.8 Å². The summed E-state index contributed by atoms with van der Waals surface area (Å²) in [5.41, 5.74) is 3.26. The third-order valence-corrected chi connectivity index (χ3v) is 5.98. The summed E-state index contributed by atoms with van der Waals surface area (Å²) in [5.74, 6) is -0.607. The number of fused-ring (bicyclic) bond motifs is 1. The molecule has 3 aromatic rings. The van der Waals surface area contributed by atoms with Crippen LogP contribution in [0.15, 0.2) is 52.9 Å². The van der Waals surface area contributed by atoms with Crippen molar-refractivity contribution in [3.63, 3.8) is 0 Å². The highest BCUT2D eigenvalue weighted by Crippen LogP contribution is 2.28. The molecule has 0 saturated heterocycles. The highest BCUT2D eigenvalue weighted by Gasteiger charge is 2.24. The quantitative estimate of drug-likeness (QED) is 0.593. The number of rotatable bonds is 8. The first kappa shape index (κ1) is 22.1. The monoisotopic (exact) mass is 428 g/mol. The lowest BCUT2D eigenvalue weighted by Crippen LogP contribution is -2.34. The molecule has 30 heavy (non-hydrogen) atoms. The second-order valence-corrected chi connectivity index (χ2v) is 9.90. The van der Waals surface area contributed by atoms with E-state index in [9.17, 15) is 13.2 Å². The number of hydrogen-bond acceptors (Lipinski definition) is 5. The Morgan fingerprint density at radius 3 is 2.37 bits per heavy atom. The number of likely N-dealkylation sites (N-methyl/N-ethyl adjacent to an activating group) is 1. The summed E-state index contributed by atoms with van der Waals surface area (Å²) >= 11 is 0. The molecule has 6 nitrogen and oxygen atoms in total. The van der Waals surface area contributed by atoms with Gasteiger partial charge in [0.05, 0.1) is 11.8 Å². The van der Waals surface area contributed by atoms with Crippen LogP contribution in [0.2, 0.25) is 0 Å². The fourth-order valence-corrected chi connectivity index (χ4v) is 4.34. The molecule has 1 heterocycles. The van der Waals surface area contributed by atoms with E-state index in [1.807, 2.05) is 19.0 Å². The second kappa shape index (κ2) is 9.02. The Labute approximate surface area is 177 Å². The number of amides is 1. The van der Waals surface area contributed by atoms with E-state index < -0.39 is 15.7 Å². The zero-order valence-corrected chi connectivity index (χ0v) is 18.6. The minimum absolute atomic E-state index is 0.0254. The Bertz CT molecular complexity index is 1130. The van der Waals surface area contributed by atoms with Gasteiger partial charge in [0.2, 0.25) is 0 Å². The molecule has 0 aliphatic heterocycles. The normalized spacial score (nSPS) is 13.0. The van der Waals surface area contributed by atoms with Crippen molar-refractivity contribution in [2.75, 3.05) is 26.9 Å². The van der Waals surface area contributed by atoms with E-state index in [1.165, 1.54) is 5.56 Å². The van der Waals surface area contributed by atoms with E-state index in [1.54, 1.807) is 24.3 Å². The molecule has 0 aliphatic carbocycles. The van der Waals surface area contributed by atoms with Gasteiger partial charge in [0.15, 0.2) is 15.6 Å². The summed E-state index contributed by atoms with van der Waals surface area (Å²) in [7, 11) is 0.581. The molecule has 1 amide bonds. The van der Waals surface area contributed by atoms with Gasteiger partial charge >= 0.3 is 0 Å². The van der Waals surface area contributed by atoms with Crippen molar-refractivity contribution in [1.29, 1.82) is 0 Å². The zero-order valence-electron chi connectivity index (χ0n) is 17.8. The number of aryl methyl sites for hydroxylation is 1. The van der Waals surface area contributed by atoms with Crippen LogP contribution >= 0.6 is 0 Å². The first-order valence-electron chi connectivity index (χ1n) is 9.91. The van der Waals surface area contributed by atoms with Crippen molar-refractivity contribution >= 4 is 26.7 Å². The smallest absolute Gasteiger partial charge is 0.287 e. The number of sulfone groups is 1. The van der Waals surface area contributed by atoms with Crippen LogP contribution in [0.25, 0.3) is 11.0 Å². The van der Waals surface area contributed by atoms with E-state index in [0.717, 1.165) is 18.2 Å². The maximum Gasteiger partial charge on any atom is 0.287 e. The fourth-order valence-electron chi connectivity index (χ4n) is 3.53. The number of nitrogens with one attached hydrogen (secondary N) is 1. The minimum atomic E-state index is -3.34. The van der Waals surface area contributed by atoms with Crippen LogP contribution in [0.4, 0.5) is 0 Å². The number of furan rings is 1. The summed E-state index contributed by atoms with van der Waals surface area (Å²) in [6.45, 7) is 2.48. The van der Waals surface area contributed by atoms with Gasteiger partial charge in [-0.15, -0.1) is 0 Å². The SMILES string of the molecule is CCc1ccc(C(CNC(=O)c2oc3ccccc3c2CS(C)(=O)=O)N(C)C)cc1. The number of carbonyl (C=O) groups excluding carboxylic acids is 1. The van der Waals surface area contributed by atoms with Gasteiger partial charge in [0.25, 0.3) is 5.91 Å². The molecule has 1 aromatic heterocycles. The van der Waals surface area contributed by atoms with Crippen LogP contribution in [0.3, 0.4) is 0 Å². The minimum Gasteiger partial charge on any atom is -0.451 e. The topological polar surface area (TPSA) is 79.6 Å². The Balaban J connectivity index is 1.85. The average molecular weight is 429 g/mol. The van der Waals surface area contributed by atoms with Crippen molar-refractivity contribution in [2.24, 2.45) is 0 Å². The fraction of sp³-hybridized carbons (Fsp3) is 0.348. The first-order valence-corrected chi connectivity index (χ1v) is 12.0. The maximum atomic E-state index is 13.0. The maximum absolute atomic E-state index is 13.0. The van der Waals surface area contributed by atoms with E-state index in [0.29, 0.717) is 23.1 Å². The van der Waals surface area contributed by atoms with E-state index >= 15 is 0 Å². The predicted octanol–water partition coefficient (Wildman–Crippen LogP) is 3.57. The Morgan fingerprint density at radius 1 is 1.10 bits per heavy atom. The standard InChI is InChI=1S/C23H28N2O4S/c1-5-16-10-12-17(13-11-16)20(25(2)3)14-24-23(26)22-19(15-30(4,27)28)18-8-6-7-9-21(18)29-22/h6-13,20H,5,14-15H2,1-4H3,(H,24,26). The van der Waals surface area contributed by atoms with Gasteiger partial charge in [0.1, 0.15) is 5.58 Å². The summed E-state index contributed by atoms with van der Waals surface area (Å²) < 4.78 is 29.6. The third kappa shape index (κ3) is 5.09.